The summed E-state index contributed by atoms with van der Waals surface area (Å²) in [5.74, 6) is 1.14. The quantitative estimate of drug-likeness (QED) is 0.0803. The number of hydrogen-bond donors (Lipinski definition) is 0. The Morgan fingerprint density at radius 1 is 0.652 bits per heavy atom. The molecular weight excluding hydrogens is 827 g/mol. The van der Waals surface area contributed by atoms with E-state index in [1.165, 1.54) is 18.3 Å². The van der Waals surface area contributed by atoms with Gasteiger partial charge in [-0.15, -0.1) is 0 Å². The van der Waals surface area contributed by atoms with Crippen molar-refractivity contribution in [3.63, 3.8) is 0 Å². The lowest BCUT2D eigenvalue weighted by Crippen LogP contribution is -2.33. The largest absolute Gasteiger partial charge is 0.483 e. The monoisotopic (exact) mass is 885 g/mol. The van der Waals surface area contributed by atoms with E-state index < -0.39 is 17.3 Å². The molecule has 0 radical (unpaired) electrons. The van der Waals surface area contributed by atoms with Crippen LogP contribution < -0.4 is 18.9 Å². The fourth-order valence-electron chi connectivity index (χ4n) is 9.13. The van der Waals surface area contributed by atoms with E-state index in [0.717, 1.165) is 64.1 Å². The fraction of sp³-hybridized carbons (Fsp3) is 0.316. The van der Waals surface area contributed by atoms with Crippen LogP contribution in [0.25, 0.3) is 44.8 Å². The normalized spacial score (nSPS) is 18.3. The molecule has 340 valence electrons. The van der Waals surface area contributed by atoms with Crippen LogP contribution in [-0.2, 0) is 4.74 Å². The van der Waals surface area contributed by atoms with Gasteiger partial charge >= 0.3 is 6.09 Å². The van der Waals surface area contributed by atoms with Gasteiger partial charge in [-0.05, 0) is 151 Å². The van der Waals surface area contributed by atoms with Crippen LogP contribution in [0.1, 0.15) is 124 Å². The molecule has 3 aliphatic rings. The maximum atomic E-state index is 15.3. The van der Waals surface area contributed by atoms with Gasteiger partial charge in [0.1, 0.15) is 34.2 Å². The summed E-state index contributed by atoms with van der Waals surface area (Å²) < 4.78 is 31.4. The minimum Gasteiger partial charge on any atom is -0.483 e. The summed E-state index contributed by atoms with van der Waals surface area (Å²) in [4.78, 5) is 46.0. The van der Waals surface area contributed by atoms with Crippen molar-refractivity contribution in [3.8, 4) is 23.0 Å². The summed E-state index contributed by atoms with van der Waals surface area (Å²) in [6.07, 6.45) is 15.5. The van der Waals surface area contributed by atoms with Crippen LogP contribution in [0.3, 0.4) is 0 Å². The molecule has 8 rings (SSSR count). The topological polar surface area (TPSA) is 101 Å². The standard InChI is InChI=1S/C57H59NO8/c1-10-58(11-2)55(61)64-50-33-44-38(21-23-48-40(44)25-29-57(8,66-48)27-15-17-36(5)6)31-46(50)52-51(53(59)41-18-12-13-19-42(41)54(52)60)45-30-37-20-22-47-39(43(37)32-49(45)63-34-62-9)24-28-56(7,65-47)26-14-16-35(3)4/h12-13,16-25,28-33H,10-11,14-15,26-27,34H2,1-9H3/t56-,57-/m1/s1. The fourth-order valence-corrected chi connectivity index (χ4v) is 9.13. The summed E-state index contributed by atoms with van der Waals surface area (Å²) in [5, 5.41) is 3.18. The highest BCUT2D eigenvalue weighted by Gasteiger charge is 2.38. The number of ether oxygens (including phenoxy) is 5. The lowest BCUT2D eigenvalue weighted by Gasteiger charge is -2.32. The zero-order valence-electron chi connectivity index (χ0n) is 39.6. The summed E-state index contributed by atoms with van der Waals surface area (Å²) in [6.45, 7) is 17.0. The smallest absolute Gasteiger partial charge is 0.415 e. The van der Waals surface area contributed by atoms with Gasteiger partial charge in [-0.25, -0.2) is 4.79 Å². The van der Waals surface area contributed by atoms with Gasteiger partial charge in [0.15, 0.2) is 18.4 Å². The molecule has 0 bridgehead atoms. The highest BCUT2D eigenvalue weighted by molar-refractivity contribution is 6.52. The van der Waals surface area contributed by atoms with Crippen LogP contribution in [0.4, 0.5) is 4.79 Å². The zero-order valence-corrected chi connectivity index (χ0v) is 39.6. The van der Waals surface area contributed by atoms with Gasteiger partial charge in [0.05, 0.1) is 0 Å². The number of allylic oxidation sites excluding steroid dienone is 6. The van der Waals surface area contributed by atoms with Crippen LogP contribution in [-0.4, -0.2) is 60.8 Å². The van der Waals surface area contributed by atoms with Crippen molar-refractivity contribution >= 4 is 62.5 Å². The first-order chi connectivity index (χ1) is 31.7. The molecule has 9 heteroatoms. The first kappa shape index (κ1) is 45.8. The van der Waals surface area contributed by atoms with Crippen LogP contribution in [0.2, 0.25) is 0 Å². The van der Waals surface area contributed by atoms with Crippen molar-refractivity contribution in [1.82, 2.24) is 4.90 Å². The van der Waals surface area contributed by atoms with Crippen LogP contribution >= 0.6 is 0 Å². The Hall–Kier alpha value is -6.71. The third-order valence-corrected chi connectivity index (χ3v) is 12.7. The van der Waals surface area contributed by atoms with E-state index in [2.05, 4.69) is 78.0 Å². The Kier molecular flexibility index (Phi) is 13.0. The number of amides is 1. The third-order valence-electron chi connectivity index (χ3n) is 12.7. The molecule has 0 N–H and O–H groups in total. The second-order valence-electron chi connectivity index (χ2n) is 18.3. The van der Waals surface area contributed by atoms with Crippen molar-refractivity contribution in [2.75, 3.05) is 27.0 Å². The Morgan fingerprint density at radius 3 is 1.58 bits per heavy atom. The lowest BCUT2D eigenvalue weighted by molar-refractivity contribution is 0.0510. The zero-order chi connectivity index (χ0) is 46.9. The van der Waals surface area contributed by atoms with Crippen molar-refractivity contribution in [2.45, 2.75) is 92.3 Å². The van der Waals surface area contributed by atoms with E-state index in [9.17, 15) is 4.79 Å². The molecule has 0 fully saturated rings. The second kappa shape index (κ2) is 18.6. The first-order valence-electron chi connectivity index (χ1n) is 22.9. The predicted octanol–water partition coefficient (Wildman–Crippen LogP) is 13.6. The highest BCUT2D eigenvalue weighted by Crippen LogP contribution is 2.48. The second-order valence-corrected chi connectivity index (χ2v) is 18.3. The molecule has 0 saturated carbocycles. The van der Waals surface area contributed by atoms with Crippen LogP contribution in [0.5, 0.6) is 23.0 Å². The maximum Gasteiger partial charge on any atom is 0.415 e. The molecule has 1 amide bonds. The van der Waals surface area contributed by atoms with Crippen molar-refractivity contribution < 1.29 is 38.1 Å². The summed E-state index contributed by atoms with van der Waals surface area (Å²) >= 11 is 0. The number of methoxy groups -OCH3 is 1. The average molecular weight is 886 g/mol. The van der Waals surface area contributed by atoms with E-state index in [1.54, 1.807) is 35.2 Å². The van der Waals surface area contributed by atoms with Gasteiger partial charge in [-0.1, -0.05) is 71.8 Å². The SMILES string of the molecule is CCN(CC)C(=O)Oc1cc2c3c(ccc2cc1C1=C(c2cc4ccc5c(c4cc2OCOC)C=C[C@@](C)(CCC=C(C)C)O5)C(=O)c2ccccc2C1=O)O[C@](C)(CCC=C(C)C)C=C3. The van der Waals surface area contributed by atoms with Crippen molar-refractivity contribution in [2.24, 2.45) is 0 Å². The third kappa shape index (κ3) is 8.97. The Bertz CT molecular complexity index is 2940. The number of carbonyl (C=O) groups excluding carboxylic acids is 3. The molecule has 5 aromatic carbocycles. The number of Topliss-reactive ketones (excluding diaryl/α,β-unsaturated/α-hetero) is 2. The number of fused-ring (bicyclic) bond motifs is 7. The highest BCUT2D eigenvalue weighted by atomic mass is 16.7. The van der Waals surface area contributed by atoms with E-state index in [0.29, 0.717) is 35.7 Å². The van der Waals surface area contributed by atoms with E-state index >= 15 is 9.59 Å². The number of ketones is 2. The molecule has 0 aromatic heterocycles. The summed E-state index contributed by atoms with van der Waals surface area (Å²) in [6, 6.07) is 22.1. The van der Waals surface area contributed by atoms with Gasteiger partial charge in [-0.3, -0.25) is 9.59 Å². The molecule has 0 saturated heterocycles. The molecular formula is C57H59NO8. The minimum absolute atomic E-state index is 0.0919. The van der Waals surface area contributed by atoms with Gasteiger partial charge in [-0.2, -0.15) is 0 Å². The number of hydrogen-bond acceptors (Lipinski definition) is 8. The van der Waals surface area contributed by atoms with Crippen LogP contribution in [0, 0.1) is 0 Å². The minimum atomic E-state index is -0.580. The number of nitrogens with zero attached hydrogens (tertiary/aromatic N) is 1. The van der Waals surface area contributed by atoms with Gasteiger partial charge in [0, 0.05) is 64.7 Å². The van der Waals surface area contributed by atoms with Gasteiger partial charge in [0.2, 0.25) is 0 Å². The number of carbonyl (C=O) groups is 3. The molecule has 5 aromatic rings. The Balaban J connectivity index is 1.35. The maximum absolute atomic E-state index is 15.3. The molecule has 2 heterocycles. The predicted molar refractivity (Wildman–Crippen MR) is 265 cm³/mol. The molecule has 0 spiro atoms. The average Bonchev–Trinajstić information content (AvgIpc) is 3.28. The number of benzene rings is 5. The van der Waals surface area contributed by atoms with E-state index in [1.807, 2.05) is 56.3 Å². The molecule has 0 unspecified atom stereocenters. The lowest BCUT2D eigenvalue weighted by atomic mass is 9.77. The molecule has 2 atom stereocenters. The summed E-state index contributed by atoms with van der Waals surface area (Å²) in [7, 11) is 1.53. The molecule has 9 nitrogen and oxygen atoms in total. The first-order valence-corrected chi connectivity index (χ1v) is 22.9. The Labute approximate surface area is 388 Å². The van der Waals surface area contributed by atoms with Crippen molar-refractivity contribution in [1.29, 1.82) is 0 Å². The van der Waals surface area contributed by atoms with Gasteiger partial charge in [0.25, 0.3) is 0 Å². The molecule has 1 aliphatic carbocycles. The van der Waals surface area contributed by atoms with Crippen LogP contribution in [0.15, 0.2) is 108 Å². The Morgan fingerprint density at radius 2 is 1.12 bits per heavy atom. The molecule has 2 aliphatic heterocycles. The van der Waals surface area contributed by atoms with Gasteiger partial charge < -0.3 is 28.6 Å². The number of rotatable bonds is 14. The van der Waals surface area contributed by atoms with E-state index in [4.69, 9.17) is 23.7 Å². The van der Waals surface area contributed by atoms with Crippen molar-refractivity contribution in [3.05, 3.63) is 142 Å². The molecule has 66 heavy (non-hydrogen) atoms. The summed E-state index contributed by atoms with van der Waals surface area (Å²) in [5.41, 5.74) is 4.62. The van der Waals surface area contributed by atoms with E-state index in [-0.39, 0.29) is 46.4 Å².